The zero-order valence-corrected chi connectivity index (χ0v) is 20.3. The fourth-order valence-electron chi connectivity index (χ4n) is 4.30. The average molecular weight is 448 g/mol. The lowest BCUT2D eigenvalue weighted by atomic mass is 10.1. The van der Waals surface area contributed by atoms with E-state index in [0.29, 0.717) is 36.2 Å². The van der Waals surface area contributed by atoms with Crippen LogP contribution in [0.1, 0.15) is 83.1 Å². The van der Waals surface area contributed by atoms with Crippen LogP contribution in [0.15, 0.2) is 59.4 Å². The van der Waals surface area contributed by atoms with Gasteiger partial charge in [0.15, 0.2) is 0 Å². The van der Waals surface area contributed by atoms with Gasteiger partial charge in [0.25, 0.3) is 5.56 Å². The number of benzene rings is 2. The molecule has 0 N–H and O–H groups in total. The molecule has 1 amide bonds. The third-order valence-corrected chi connectivity index (χ3v) is 6.23. The molecule has 1 unspecified atom stereocenters. The molecule has 5 nitrogen and oxygen atoms in total. The highest BCUT2D eigenvalue weighted by Crippen LogP contribution is 2.23. The van der Waals surface area contributed by atoms with Crippen LogP contribution in [0.5, 0.6) is 0 Å². The molecule has 1 atom stereocenters. The zero-order chi connectivity index (χ0) is 23.6. The van der Waals surface area contributed by atoms with Gasteiger partial charge in [-0.2, -0.15) is 0 Å². The summed E-state index contributed by atoms with van der Waals surface area (Å²) in [6, 6.07) is 17.2. The highest BCUT2D eigenvalue weighted by Gasteiger charge is 2.25. The molecule has 5 heteroatoms. The number of nitrogens with zero attached hydrogens (tertiary/aromatic N) is 3. The van der Waals surface area contributed by atoms with E-state index in [1.165, 1.54) is 0 Å². The molecule has 2 aromatic carbocycles. The van der Waals surface area contributed by atoms with Gasteiger partial charge in [0.2, 0.25) is 5.91 Å². The van der Waals surface area contributed by atoms with Gasteiger partial charge in [-0.15, -0.1) is 0 Å². The first-order valence-corrected chi connectivity index (χ1v) is 12.4. The van der Waals surface area contributed by atoms with Crippen molar-refractivity contribution in [3.05, 3.63) is 76.3 Å². The molecule has 0 bridgehead atoms. The number of carbonyl (C=O) groups is 1. The number of hydrogen-bond acceptors (Lipinski definition) is 3. The van der Waals surface area contributed by atoms with E-state index in [1.54, 1.807) is 4.57 Å². The molecule has 176 valence electrons. The van der Waals surface area contributed by atoms with E-state index in [1.807, 2.05) is 66.4 Å². The Morgan fingerprint density at radius 1 is 0.939 bits per heavy atom. The highest BCUT2D eigenvalue weighted by atomic mass is 16.2. The first-order valence-electron chi connectivity index (χ1n) is 12.4. The van der Waals surface area contributed by atoms with E-state index >= 15 is 0 Å². The molecule has 0 saturated carbocycles. The minimum Gasteiger partial charge on any atom is -0.333 e. The highest BCUT2D eigenvalue weighted by molar-refractivity contribution is 5.78. The van der Waals surface area contributed by atoms with Gasteiger partial charge in [-0.1, -0.05) is 82.0 Å². The second-order valence-electron chi connectivity index (χ2n) is 8.79. The second kappa shape index (κ2) is 12.3. The second-order valence-corrected chi connectivity index (χ2v) is 8.79. The van der Waals surface area contributed by atoms with Gasteiger partial charge in [-0.3, -0.25) is 14.2 Å². The lowest BCUT2D eigenvalue weighted by molar-refractivity contribution is -0.133. The molecule has 0 aliphatic heterocycles. The minimum atomic E-state index is -0.281. The van der Waals surface area contributed by atoms with E-state index < -0.39 is 0 Å². The van der Waals surface area contributed by atoms with E-state index in [9.17, 15) is 9.59 Å². The summed E-state index contributed by atoms with van der Waals surface area (Å²) in [6.45, 7) is 7.45. The first-order chi connectivity index (χ1) is 16.1. The number of para-hydroxylation sites is 1. The van der Waals surface area contributed by atoms with Crippen molar-refractivity contribution in [3.8, 4) is 0 Å². The standard InChI is InChI=1S/C28H37N3O2/c1-4-6-9-19-26(32)30(20-14-7-5-2)22(3)27-29-25-18-13-12-17-24(25)28(33)31(27)21-23-15-10-8-11-16-23/h8,10-13,15-18,22H,4-7,9,14,19-21H2,1-3H3. The summed E-state index contributed by atoms with van der Waals surface area (Å²) < 4.78 is 1.76. The Kier molecular flexibility index (Phi) is 9.23. The number of unbranched alkanes of at least 4 members (excludes halogenated alkanes) is 4. The summed E-state index contributed by atoms with van der Waals surface area (Å²) in [4.78, 5) is 33.7. The predicted molar refractivity (Wildman–Crippen MR) is 135 cm³/mol. The van der Waals surface area contributed by atoms with Crippen molar-refractivity contribution in [1.29, 1.82) is 0 Å². The molecule has 0 radical (unpaired) electrons. The van der Waals surface area contributed by atoms with E-state index in [0.717, 1.165) is 44.1 Å². The Labute approximate surface area is 197 Å². The molecule has 1 aromatic heterocycles. The summed E-state index contributed by atoms with van der Waals surface area (Å²) in [5.74, 6) is 0.809. The van der Waals surface area contributed by atoms with Crippen LogP contribution in [-0.2, 0) is 11.3 Å². The molecule has 0 spiro atoms. The summed E-state index contributed by atoms with van der Waals surface area (Å²) in [5, 5.41) is 0.608. The number of amides is 1. The number of aromatic nitrogens is 2. The van der Waals surface area contributed by atoms with Gasteiger partial charge < -0.3 is 4.90 Å². The Morgan fingerprint density at radius 2 is 1.61 bits per heavy atom. The molecular formula is C28H37N3O2. The van der Waals surface area contributed by atoms with Gasteiger partial charge in [-0.25, -0.2) is 4.98 Å². The van der Waals surface area contributed by atoms with Crippen molar-refractivity contribution in [3.63, 3.8) is 0 Å². The first kappa shape index (κ1) is 24.7. The monoisotopic (exact) mass is 447 g/mol. The topological polar surface area (TPSA) is 55.2 Å². The fourth-order valence-corrected chi connectivity index (χ4v) is 4.30. The van der Waals surface area contributed by atoms with E-state index in [-0.39, 0.29) is 17.5 Å². The van der Waals surface area contributed by atoms with Crippen LogP contribution < -0.4 is 5.56 Å². The molecule has 0 fully saturated rings. The van der Waals surface area contributed by atoms with Gasteiger partial charge in [-0.05, 0) is 37.5 Å². The SMILES string of the molecule is CCCCCC(=O)N(CCCCC)C(C)c1nc2ccccc2c(=O)n1Cc1ccccc1. The number of rotatable bonds is 12. The Morgan fingerprint density at radius 3 is 2.33 bits per heavy atom. The van der Waals surface area contributed by atoms with Crippen molar-refractivity contribution < 1.29 is 4.79 Å². The maximum atomic E-state index is 13.5. The molecule has 0 aliphatic rings. The Balaban J connectivity index is 2.03. The molecule has 33 heavy (non-hydrogen) atoms. The molecule has 3 aromatic rings. The van der Waals surface area contributed by atoms with Crippen LogP contribution in [0.3, 0.4) is 0 Å². The maximum Gasteiger partial charge on any atom is 0.261 e. The van der Waals surface area contributed by atoms with Crippen LogP contribution in [-0.4, -0.2) is 26.9 Å². The maximum absolute atomic E-state index is 13.5. The zero-order valence-electron chi connectivity index (χ0n) is 20.3. The van der Waals surface area contributed by atoms with Crippen LogP contribution in [0, 0.1) is 0 Å². The van der Waals surface area contributed by atoms with Crippen LogP contribution in [0.4, 0.5) is 0 Å². The molecule has 0 aliphatic carbocycles. The summed E-state index contributed by atoms with van der Waals surface area (Å²) in [6.07, 6.45) is 6.70. The fraction of sp³-hybridized carbons (Fsp3) is 0.464. The van der Waals surface area contributed by atoms with Crippen LogP contribution >= 0.6 is 0 Å². The van der Waals surface area contributed by atoms with Crippen LogP contribution in [0.2, 0.25) is 0 Å². The van der Waals surface area contributed by atoms with Crippen molar-refractivity contribution in [2.24, 2.45) is 0 Å². The quantitative estimate of drug-likeness (QED) is 0.315. The Hall–Kier alpha value is -2.95. The summed E-state index contributed by atoms with van der Waals surface area (Å²) in [5.41, 5.74) is 1.66. The van der Waals surface area contributed by atoms with E-state index in [2.05, 4.69) is 13.8 Å². The normalized spacial score (nSPS) is 12.1. The third-order valence-electron chi connectivity index (χ3n) is 6.23. The number of fused-ring (bicyclic) bond motifs is 1. The van der Waals surface area contributed by atoms with Gasteiger partial charge in [0.05, 0.1) is 23.5 Å². The number of hydrogen-bond donors (Lipinski definition) is 0. The van der Waals surface area contributed by atoms with Crippen molar-refractivity contribution in [2.75, 3.05) is 6.54 Å². The third kappa shape index (κ3) is 6.31. The Bertz CT molecular complexity index is 1090. The smallest absolute Gasteiger partial charge is 0.261 e. The van der Waals surface area contributed by atoms with Crippen LogP contribution in [0.25, 0.3) is 10.9 Å². The van der Waals surface area contributed by atoms with Gasteiger partial charge in [0.1, 0.15) is 5.82 Å². The molecule has 1 heterocycles. The molecule has 0 saturated heterocycles. The van der Waals surface area contributed by atoms with E-state index in [4.69, 9.17) is 4.98 Å². The minimum absolute atomic E-state index is 0.0572. The molecular weight excluding hydrogens is 410 g/mol. The van der Waals surface area contributed by atoms with Gasteiger partial charge >= 0.3 is 0 Å². The van der Waals surface area contributed by atoms with Crippen molar-refractivity contribution >= 4 is 16.8 Å². The number of carbonyl (C=O) groups excluding carboxylic acids is 1. The molecule has 3 rings (SSSR count). The lowest BCUT2D eigenvalue weighted by Crippen LogP contribution is -2.38. The summed E-state index contributed by atoms with van der Waals surface area (Å²) >= 11 is 0. The largest absolute Gasteiger partial charge is 0.333 e. The average Bonchev–Trinajstić information content (AvgIpc) is 2.84. The predicted octanol–water partition coefficient (Wildman–Crippen LogP) is 6.10. The lowest BCUT2D eigenvalue weighted by Gasteiger charge is -2.31. The van der Waals surface area contributed by atoms with Crippen molar-refractivity contribution in [2.45, 2.75) is 78.3 Å². The van der Waals surface area contributed by atoms with Crippen molar-refractivity contribution in [1.82, 2.24) is 14.5 Å². The summed E-state index contributed by atoms with van der Waals surface area (Å²) in [7, 11) is 0. The van der Waals surface area contributed by atoms with Gasteiger partial charge in [0, 0.05) is 13.0 Å².